The summed E-state index contributed by atoms with van der Waals surface area (Å²) in [5, 5.41) is 16.0. The molecule has 0 fully saturated rings. The Morgan fingerprint density at radius 2 is 1.81 bits per heavy atom. The molecular weight excluding hydrogens is 420 g/mol. The number of benzene rings is 2. The van der Waals surface area contributed by atoms with Crippen molar-refractivity contribution in [3.8, 4) is 0 Å². The van der Waals surface area contributed by atoms with Crippen molar-refractivity contribution in [2.75, 3.05) is 25.0 Å². The van der Waals surface area contributed by atoms with E-state index in [4.69, 9.17) is 4.74 Å². The molecule has 0 unspecified atom stereocenters. The molecule has 11 heteroatoms. The Labute approximate surface area is 182 Å². The van der Waals surface area contributed by atoms with E-state index in [1.807, 2.05) is 0 Å². The number of urea groups is 1. The number of amides is 4. The van der Waals surface area contributed by atoms with Crippen molar-refractivity contribution in [3.63, 3.8) is 0 Å². The van der Waals surface area contributed by atoms with Gasteiger partial charge in [-0.3, -0.25) is 24.6 Å². The third kappa shape index (κ3) is 4.72. The quantitative estimate of drug-likeness (QED) is 0.211. The summed E-state index contributed by atoms with van der Waals surface area (Å²) in [5.41, 5.74) is 0.329. The van der Waals surface area contributed by atoms with Crippen LogP contribution < -0.4 is 10.6 Å². The molecule has 0 aromatic heterocycles. The second kappa shape index (κ2) is 9.69. The minimum absolute atomic E-state index is 0.00882. The summed E-state index contributed by atoms with van der Waals surface area (Å²) in [6, 6.07) is 9.34. The molecule has 1 aliphatic heterocycles. The number of esters is 1. The summed E-state index contributed by atoms with van der Waals surface area (Å²) in [6.07, 6.45) is 0.264. The van der Waals surface area contributed by atoms with Crippen LogP contribution >= 0.6 is 0 Å². The number of fused-ring (bicyclic) bond motifs is 1. The average molecular weight is 440 g/mol. The minimum Gasteiger partial charge on any atom is -0.462 e. The molecule has 2 N–H and O–H groups in total. The third-order valence-electron chi connectivity index (χ3n) is 4.68. The smallest absolute Gasteiger partial charge is 0.340 e. The van der Waals surface area contributed by atoms with Crippen LogP contribution in [0, 0.1) is 10.1 Å². The lowest BCUT2D eigenvalue weighted by atomic mass is 10.1. The van der Waals surface area contributed by atoms with E-state index in [1.54, 1.807) is 25.1 Å². The molecule has 32 heavy (non-hydrogen) atoms. The summed E-state index contributed by atoms with van der Waals surface area (Å²) in [7, 11) is 0. The second-order valence-corrected chi connectivity index (χ2v) is 6.75. The number of para-hydroxylation sites is 1. The van der Waals surface area contributed by atoms with Crippen LogP contribution in [0.4, 0.5) is 16.2 Å². The van der Waals surface area contributed by atoms with E-state index in [1.165, 1.54) is 18.2 Å². The molecule has 0 bridgehead atoms. The van der Waals surface area contributed by atoms with Gasteiger partial charge in [0.2, 0.25) is 0 Å². The number of nitro benzene ring substituents is 1. The highest BCUT2D eigenvalue weighted by Gasteiger charge is 2.36. The molecule has 166 valence electrons. The largest absolute Gasteiger partial charge is 0.462 e. The molecule has 3 rings (SSSR count). The Hall–Kier alpha value is -4.28. The molecule has 0 saturated carbocycles. The summed E-state index contributed by atoms with van der Waals surface area (Å²) in [6.45, 7) is 2.04. The van der Waals surface area contributed by atoms with Crippen LogP contribution in [-0.2, 0) is 4.74 Å². The third-order valence-corrected chi connectivity index (χ3v) is 4.68. The highest BCUT2D eigenvalue weighted by molar-refractivity contribution is 6.21. The van der Waals surface area contributed by atoms with Crippen molar-refractivity contribution in [1.82, 2.24) is 10.2 Å². The van der Waals surface area contributed by atoms with Gasteiger partial charge in [-0.05, 0) is 31.5 Å². The van der Waals surface area contributed by atoms with Gasteiger partial charge in [-0.25, -0.2) is 9.59 Å². The van der Waals surface area contributed by atoms with E-state index in [-0.39, 0.29) is 54.2 Å². The summed E-state index contributed by atoms with van der Waals surface area (Å²) in [4.78, 5) is 60.2. The van der Waals surface area contributed by atoms with Gasteiger partial charge in [0, 0.05) is 25.2 Å². The predicted octanol–water partition coefficient (Wildman–Crippen LogP) is 2.58. The Bertz CT molecular complexity index is 1100. The Kier molecular flexibility index (Phi) is 6.78. The van der Waals surface area contributed by atoms with Crippen LogP contribution in [0.3, 0.4) is 0 Å². The fourth-order valence-corrected chi connectivity index (χ4v) is 3.18. The number of nitrogens with one attached hydrogen (secondary N) is 2. The molecular formula is C21H20N4O7. The first kappa shape index (κ1) is 22.4. The molecule has 2 aromatic rings. The number of nitro groups is 1. The maximum atomic E-state index is 12.4. The van der Waals surface area contributed by atoms with Gasteiger partial charge in [0.25, 0.3) is 17.5 Å². The number of ether oxygens (including phenoxy) is 1. The standard InChI is InChI=1S/C21H20N4O7/c1-2-32-20(28)15-6-3-4-7-17(15)23-21(29)22-10-5-11-24-18(26)14-9-8-13(25(30)31)12-16(14)19(24)27/h3-4,6-9,12H,2,5,10-11H2,1H3,(H2,22,23,29). The molecule has 0 radical (unpaired) electrons. The lowest BCUT2D eigenvalue weighted by Gasteiger charge is -2.14. The number of hydrogen-bond acceptors (Lipinski definition) is 7. The first-order chi connectivity index (χ1) is 15.3. The van der Waals surface area contributed by atoms with Crippen LogP contribution in [0.1, 0.15) is 44.4 Å². The summed E-state index contributed by atoms with van der Waals surface area (Å²) in [5.74, 6) is -1.71. The zero-order chi connectivity index (χ0) is 23.3. The van der Waals surface area contributed by atoms with Crippen LogP contribution in [0.5, 0.6) is 0 Å². The van der Waals surface area contributed by atoms with E-state index >= 15 is 0 Å². The van der Waals surface area contributed by atoms with Gasteiger partial charge in [0.1, 0.15) is 0 Å². The molecule has 2 aromatic carbocycles. The zero-order valence-corrected chi connectivity index (χ0v) is 17.1. The summed E-state index contributed by atoms with van der Waals surface area (Å²) < 4.78 is 4.96. The lowest BCUT2D eigenvalue weighted by molar-refractivity contribution is -0.384. The van der Waals surface area contributed by atoms with Gasteiger partial charge >= 0.3 is 12.0 Å². The van der Waals surface area contributed by atoms with Crippen LogP contribution in [-0.4, -0.2) is 53.3 Å². The lowest BCUT2D eigenvalue weighted by Crippen LogP contribution is -2.35. The summed E-state index contributed by atoms with van der Waals surface area (Å²) >= 11 is 0. The van der Waals surface area contributed by atoms with E-state index in [0.29, 0.717) is 0 Å². The number of imide groups is 1. The number of rotatable bonds is 8. The number of carbonyl (C=O) groups is 4. The Balaban J connectivity index is 1.52. The number of nitrogens with zero attached hydrogens (tertiary/aromatic N) is 2. The monoisotopic (exact) mass is 440 g/mol. The molecule has 0 aliphatic carbocycles. The normalized spacial score (nSPS) is 12.3. The van der Waals surface area contributed by atoms with Crippen LogP contribution in [0.2, 0.25) is 0 Å². The average Bonchev–Trinajstić information content (AvgIpc) is 3.01. The highest BCUT2D eigenvalue weighted by atomic mass is 16.6. The molecule has 1 aliphatic rings. The van der Waals surface area contributed by atoms with E-state index in [9.17, 15) is 29.3 Å². The zero-order valence-electron chi connectivity index (χ0n) is 17.1. The van der Waals surface area contributed by atoms with Gasteiger partial charge in [-0.1, -0.05) is 12.1 Å². The first-order valence-electron chi connectivity index (χ1n) is 9.79. The molecule has 0 atom stereocenters. The van der Waals surface area contributed by atoms with Crippen molar-refractivity contribution < 1.29 is 28.8 Å². The van der Waals surface area contributed by atoms with Gasteiger partial charge in [0.05, 0.1) is 33.9 Å². The maximum absolute atomic E-state index is 12.4. The van der Waals surface area contributed by atoms with E-state index in [2.05, 4.69) is 10.6 Å². The topological polar surface area (TPSA) is 148 Å². The fraction of sp³-hybridized carbons (Fsp3) is 0.238. The predicted molar refractivity (Wildman–Crippen MR) is 113 cm³/mol. The van der Waals surface area contributed by atoms with Gasteiger partial charge < -0.3 is 15.4 Å². The van der Waals surface area contributed by atoms with Crippen LogP contribution in [0.15, 0.2) is 42.5 Å². The molecule has 1 heterocycles. The minimum atomic E-state index is -0.636. The van der Waals surface area contributed by atoms with Crippen molar-refractivity contribution in [2.45, 2.75) is 13.3 Å². The number of non-ortho nitro benzene ring substituents is 1. The maximum Gasteiger partial charge on any atom is 0.340 e. The number of carbonyl (C=O) groups excluding carboxylic acids is 4. The second-order valence-electron chi connectivity index (χ2n) is 6.75. The molecule has 11 nitrogen and oxygen atoms in total. The number of anilines is 1. The van der Waals surface area contributed by atoms with Crippen molar-refractivity contribution in [3.05, 3.63) is 69.3 Å². The number of hydrogen-bond donors (Lipinski definition) is 2. The van der Waals surface area contributed by atoms with Crippen molar-refractivity contribution >= 4 is 35.2 Å². The van der Waals surface area contributed by atoms with Gasteiger partial charge in [-0.15, -0.1) is 0 Å². The Morgan fingerprint density at radius 1 is 1.09 bits per heavy atom. The fourth-order valence-electron chi connectivity index (χ4n) is 3.18. The van der Waals surface area contributed by atoms with Crippen LogP contribution in [0.25, 0.3) is 0 Å². The van der Waals surface area contributed by atoms with E-state index < -0.39 is 28.7 Å². The molecule has 0 spiro atoms. The SMILES string of the molecule is CCOC(=O)c1ccccc1NC(=O)NCCCN1C(=O)c2ccc([N+](=O)[O-])cc2C1=O. The molecule has 0 saturated heterocycles. The van der Waals surface area contributed by atoms with Gasteiger partial charge in [0.15, 0.2) is 0 Å². The van der Waals surface area contributed by atoms with Crippen molar-refractivity contribution in [1.29, 1.82) is 0 Å². The van der Waals surface area contributed by atoms with E-state index in [0.717, 1.165) is 11.0 Å². The first-order valence-corrected chi connectivity index (χ1v) is 9.79. The van der Waals surface area contributed by atoms with Gasteiger partial charge in [-0.2, -0.15) is 0 Å². The highest BCUT2D eigenvalue weighted by Crippen LogP contribution is 2.26. The Morgan fingerprint density at radius 3 is 2.53 bits per heavy atom. The molecule has 4 amide bonds. The van der Waals surface area contributed by atoms with Crippen molar-refractivity contribution in [2.24, 2.45) is 0 Å².